The Morgan fingerprint density at radius 2 is 1.78 bits per heavy atom. The molecule has 0 aromatic heterocycles. The van der Waals surface area contributed by atoms with Crippen LogP contribution in [0.2, 0.25) is 0 Å². The van der Waals surface area contributed by atoms with Gasteiger partial charge in [0.15, 0.2) is 0 Å². The number of sulfonamides is 1. The topological polar surface area (TPSA) is 58.6 Å². The summed E-state index contributed by atoms with van der Waals surface area (Å²) in [6.07, 6.45) is 1.27. The molecule has 0 bridgehead atoms. The van der Waals surface area contributed by atoms with Gasteiger partial charge < -0.3 is 4.74 Å². The third-order valence-electron chi connectivity index (χ3n) is 3.97. The average molecular weight is 278 g/mol. The SMILES string of the molecule is CCC(C)(CC)S(=O)(=O)NCCN1CCOCC1. The van der Waals surface area contributed by atoms with Crippen LogP contribution in [0.4, 0.5) is 0 Å². The third-order valence-corrected chi connectivity index (χ3v) is 6.43. The average Bonchev–Trinajstić information content (AvgIpc) is 2.38. The maximum Gasteiger partial charge on any atom is 0.217 e. The lowest BCUT2D eigenvalue weighted by Crippen LogP contribution is -2.47. The van der Waals surface area contributed by atoms with Gasteiger partial charge in [-0.2, -0.15) is 0 Å². The van der Waals surface area contributed by atoms with Gasteiger partial charge in [0.05, 0.1) is 18.0 Å². The normalized spacial score (nSPS) is 19.1. The van der Waals surface area contributed by atoms with Crippen molar-refractivity contribution in [2.75, 3.05) is 39.4 Å². The summed E-state index contributed by atoms with van der Waals surface area (Å²) >= 11 is 0. The summed E-state index contributed by atoms with van der Waals surface area (Å²) in [5.41, 5.74) is 0. The molecular weight excluding hydrogens is 252 g/mol. The van der Waals surface area contributed by atoms with Gasteiger partial charge in [0.2, 0.25) is 10.0 Å². The van der Waals surface area contributed by atoms with Crippen LogP contribution in [0.15, 0.2) is 0 Å². The first-order valence-electron chi connectivity index (χ1n) is 6.74. The van der Waals surface area contributed by atoms with Crippen molar-refractivity contribution in [3.05, 3.63) is 0 Å². The molecule has 0 radical (unpaired) electrons. The first-order valence-corrected chi connectivity index (χ1v) is 8.23. The van der Waals surface area contributed by atoms with Crippen LogP contribution in [0.25, 0.3) is 0 Å². The second kappa shape index (κ2) is 6.84. The zero-order valence-corrected chi connectivity index (χ0v) is 12.6. The fourth-order valence-electron chi connectivity index (χ4n) is 1.97. The van der Waals surface area contributed by atoms with Gasteiger partial charge in [-0.05, 0) is 19.8 Å². The Morgan fingerprint density at radius 3 is 2.28 bits per heavy atom. The van der Waals surface area contributed by atoms with Gasteiger partial charge in [0.25, 0.3) is 0 Å². The van der Waals surface area contributed by atoms with Crippen LogP contribution in [0.3, 0.4) is 0 Å². The summed E-state index contributed by atoms with van der Waals surface area (Å²) in [7, 11) is -3.23. The quantitative estimate of drug-likeness (QED) is 0.749. The smallest absolute Gasteiger partial charge is 0.217 e. The predicted molar refractivity (Wildman–Crippen MR) is 73.2 cm³/mol. The molecule has 1 saturated heterocycles. The highest BCUT2D eigenvalue weighted by Crippen LogP contribution is 2.23. The maximum absolute atomic E-state index is 12.2. The number of nitrogens with zero attached hydrogens (tertiary/aromatic N) is 1. The van der Waals surface area contributed by atoms with Gasteiger partial charge in [-0.1, -0.05) is 13.8 Å². The standard InChI is InChI=1S/C12H26N2O3S/c1-4-12(3,5-2)18(15,16)13-6-7-14-8-10-17-11-9-14/h13H,4-11H2,1-3H3. The summed E-state index contributed by atoms with van der Waals surface area (Å²) in [6.45, 7) is 10.2. The van der Waals surface area contributed by atoms with Crippen molar-refractivity contribution in [1.82, 2.24) is 9.62 Å². The number of nitrogens with one attached hydrogen (secondary N) is 1. The minimum absolute atomic E-state index is 0.484. The number of hydrogen-bond acceptors (Lipinski definition) is 4. The van der Waals surface area contributed by atoms with Crippen molar-refractivity contribution >= 4 is 10.0 Å². The number of morpholine rings is 1. The Bertz CT molecular complexity index is 333. The molecule has 1 fully saturated rings. The highest BCUT2D eigenvalue weighted by Gasteiger charge is 2.35. The highest BCUT2D eigenvalue weighted by molar-refractivity contribution is 7.90. The molecule has 0 amide bonds. The second-order valence-corrected chi connectivity index (χ2v) is 7.29. The molecule has 1 aliphatic heterocycles. The minimum atomic E-state index is -3.23. The Kier molecular flexibility index (Phi) is 6.04. The van der Waals surface area contributed by atoms with E-state index in [9.17, 15) is 8.42 Å². The molecule has 0 aliphatic carbocycles. The molecule has 0 atom stereocenters. The van der Waals surface area contributed by atoms with Crippen LogP contribution >= 0.6 is 0 Å². The van der Waals surface area contributed by atoms with Gasteiger partial charge in [0.1, 0.15) is 0 Å². The molecule has 18 heavy (non-hydrogen) atoms. The van der Waals surface area contributed by atoms with Crippen LogP contribution in [0.1, 0.15) is 33.6 Å². The molecule has 0 aromatic rings. The molecule has 0 saturated carbocycles. The van der Waals surface area contributed by atoms with Gasteiger partial charge >= 0.3 is 0 Å². The minimum Gasteiger partial charge on any atom is -0.379 e. The molecule has 0 aromatic carbocycles. The summed E-state index contributed by atoms with van der Waals surface area (Å²) in [5, 5.41) is 0. The predicted octanol–water partition coefficient (Wildman–Crippen LogP) is 0.817. The van der Waals surface area contributed by atoms with E-state index in [-0.39, 0.29) is 0 Å². The molecule has 1 aliphatic rings. The van der Waals surface area contributed by atoms with Crippen LogP contribution < -0.4 is 4.72 Å². The van der Waals surface area contributed by atoms with Crippen LogP contribution in [0, 0.1) is 0 Å². The third kappa shape index (κ3) is 3.91. The molecular formula is C12H26N2O3S. The zero-order chi connectivity index (χ0) is 13.6. The maximum atomic E-state index is 12.2. The van der Waals surface area contributed by atoms with Crippen molar-refractivity contribution in [2.24, 2.45) is 0 Å². The van der Waals surface area contributed by atoms with Gasteiger partial charge in [-0.3, -0.25) is 4.90 Å². The van der Waals surface area contributed by atoms with Gasteiger partial charge in [-0.25, -0.2) is 13.1 Å². The number of hydrogen-bond donors (Lipinski definition) is 1. The molecule has 6 heteroatoms. The molecule has 1 heterocycles. The van der Waals surface area contributed by atoms with E-state index in [1.54, 1.807) is 0 Å². The summed E-state index contributed by atoms with van der Waals surface area (Å²) in [4.78, 5) is 2.22. The molecule has 1 N–H and O–H groups in total. The highest BCUT2D eigenvalue weighted by atomic mass is 32.2. The first kappa shape index (κ1) is 15.9. The largest absolute Gasteiger partial charge is 0.379 e. The lowest BCUT2D eigenvalue weighted by molar-refractivity contribution is 0.0390. The summed E-state index contributed by atoms with van der Waals surface area (Å²) in [6, 6.07) is 0. The zero-order valence-electron chi connectivity index (χ0n) is 11.7. The fourth-order valence-corrected chi connectivity index (χ4v) is 3.44. The van der Waals surface area contributed by atoms with Gasteiger partial charge in [-0.15, -0.1) is 0 Å². The van der Waals surface area contributed by atoms with E-state index in [4.69, 9.17) is 4.74 Å². The van der Waals surface area contributed by atoms with Crippen molar-refractivity contribution in [1.29, 1.82) is 0 Å². The van der Waals surface area contributed by atoms with E-state index in [1.165, 1.54) is 0 Å². The number of rotatable bonds is 7. The molecule has 0 spiro atoms. The van der Waals surface area contributed by atoms with E-state index >= 15 is 0 Å². The second-order valence-electron chi connectivity index (χ2n) is 5.01. The van der Waals surface area contributed by atoms with E-state index in [2.05, 4.69) is 9.62 Å². The monoisotopic (exact) mass is 278 g/mol. The van der Waals surface area contributed by atoms with Crippen molar-refractivity contribution in [2.45, 2.75) is 38.4 Å². The van der Waals surface area contributed by atoms with Crippen molar-refractivity contribution in [3.8, 4) is 0 Å². The molecule has 1 rings (SSSR count). The molecule has 0 unspecified atom stereocenters. The van der Waals surface area contributed by atoms with Crippen LogP contribution in [0.5, 0.6) is 0 Å². The Balaban J connectivity index is 2.41. The fraction of sp³-hybridized carbons (Fsp3) is 1.00. The Hall–Kier alpha value is -0.170. The van der Waals surface area contributed by atoms with Crippen LogP contribution in [-0.4, -0.2) is 57.5 Å². The van der Waals surface area contributed by atoms with E-state index < -0.39 is 14.8 Å². The van der Waals surface area contributed by atoms with Crippen LogP contribution in [-0.2, 0) is 14.8 Å². The van der Waals surface area contributed by atoms with Crippen molar-refractivity contribution in [3.63, 3.8) is 0 Å². The lowest BCUT2D eigenvalue weighted by atomic mass is 10.1. The summed E-state index contributed by atoms with van der Waals surface area (Å²) < 4.78 is 31.7. The molecule has 5 nitrogen and oxygen atoms in total. The van der Waals surface area contributed by atoms with E-state index in [0.717, 1.165) is 32.8 Å². The van der Waals surface area contributed by atoms with Gasteiger partial charge in [0, 0.05) is 26.2 Å². The van der Waals surface area contributed by atoms with E-state index in [0.29, 0.717) is 19.4 Å². The first-order chi connectivity index (χ1) is 8.45. The Labute approximate surface area is 111 Å². The Morgan fingerprint density at radius 1 is 1.22 bits per heavy atom. The number of ether oxygens (including phenoxy) is 1. The lowest BCUT2D eigenvalue weighted by Gasteiger charge is -2.29. The summed E-state index contributed by atoms with van der Waals surface area (Å²) in [5.74, 6) is 0. The van der Waals surface area contributed by atoms with Crippen molar-refractivity contribution < 1.29 is 13.2 Å². The van der Waals surface area contributed by atoms with E-state index in [1.807, 2.05) is 20.8 Å². The molecule has 108 valence electrons.